The van der Waals surface area contributed by atoms with Crippen molar-refractivity contribution in [3.63, 3.8) is 0 Å². The fraction of sp³-hybridized carbons (Fsp3) is 0.259. The van der Waals surface area contributed by atoms with Gasteiger partial charge in [0.2, 0.25) is 0 Å². The van der Waals surface area contributed by atoms with Crippen LogP contribution in [0.1, 0.15) is 51.1 Å². The predicted octanol–water partition coefficient (Wildman–Crippen LogP) is 0.221. The van der Waals surface area contributed by atoms with Crippen molar-refractivity contribution in [2.45, 2.75) is 31.1 Å². The Labute approximate surface area is 249 Å². The first kappa shape index (κ1) is 31.0. The zero-order chi connectivity index (χ0) is 27.5. The largest absolute Gasteiger partial charge is 1.00 e. The van der Waals surface area contributed by atoms with Crippen molar-refractivity contribution >= 4 is 42.8 Å². The van der Waals surface area contributed by atoms with Gasteiger partial charge in [0.05, 0.1) is 27.4 Å². The normalized spacial score (nSPS) is 13.1. The maximum atomic E-state index is 12.9. The van der Waals surface area contributed by atoms with Crippen molar-refractivity contribution in [3.8, 4) is 11.8 Å². The van der Waals surface area contributed by atoms with Crippen LogP contribution in [0.3, 0.4) is 0 Å². The Morgan fingerprint density at radius 1 is 0.897 bits per heavy atom. The van der Waals surface area contributed by atoms with Gasteiger partial charge < -0.3 is 4.55 Å². The molecule has 0 spiro atoms. The molecule has 3 aromatic carbocycles. The van der Waals surface area contributed by atoms with E-state index in [9.17, 15) is 31.0 Å². The Morgan fingerprint density at radius 2 is 1.56 bits per heavy atom. The second kappa shape index (κ2) is 12.7. The fourth-order valence-electron chi connectivity index (χ4n) is 4.08. The zero-order valence-electron chi connectivity index (χ0n) is 21.5. The minimum Gasteiger partial charge on any atom is -0.748 e. The number of unbranched alkanes of at least 4 members (excludes halogenated alkanes) is 2. The molecule has 12 heteroatoms. The van der Waals surface area contributed by atoms with Gasteiger partial charge in [-0.25, -0.2) is 8.42 Å². The molecule has 0 radical (unpaired) electrons. The third-order valence-corrected chi connectivity index (χ3v) is 8.03. The monoisotopic (exact) mass is 577 g/mol. The number of amides is 2. The number of carbonyl (C=O) groups excluding carboxylic acids is 2. The average Bonchev–Trinajstić information content (AvgIpc) is 2.86. The summed E-state index contributed by atoms with van der Waals surface area (Å²) in [6.45, 7) is 1.38. The Hall–Kier alpha value is -2.56. The fourth-order valence-corrected chi connectivity index (χ4v) is 5.43. The molecular weight excluding hydrogens is 553 g/mol. The molecule has 198 valence electrons. The average molecular weight is 578 g/mol. The summed E-state index contributed by atoms with van der Waals surface area (Å²) in [6, 6.07) is 14.5. The van der Waals surface area contributed by atoms with Crippen molar-refractivity contribution < 1.29 is 64.7 Å². The van der Waals surface area contributed by atoms with Crippen molar-refractivity contribution in [1.29, 1.82) is 0 Å². The Kier molecular flexibility index (Phi) is 10.1. The molecule has 9 nitrogen and oxygen atoms in total. The third kappa shape index (κ3) is 7.35. The summed E-state index contributed by atoms with van der Waals surface area (Å²) < 4.78 is 62.6. The molecule has 1 aliphatic rings. The molecule has 1 heterocycles. The summed E-state index contributed by atoms with van der Waals surface area (Å²) >= 11 is 0. The Bertz CT molecular complexity index is 1670. The molecule has 0 bridgehead atoms. The molecule has 0 atom stereocenters. The minimum atomic E-state index is -4.60. The molecule has 3 aromatic rings. The van der Waals surface area contributed by atoms with Gasteiger partial charge in [-0.1, -0.05) is 41.7 Å². The van der Waals surface area contributed by atoms with Crippen molar-refractivity contribution in [3.05, 3.63) is 76.9 Å². The summed E-state index contributed by atoms with van der Waals surface area (Å²) in [5.41, 5.74) is 2.03. The van der Waals surface area contributed by atoms with Gasteiger partial charge in [-0.05, 0) is 55.5 Å². The first-order chi connectivity index (χ1) is 18.0. The molecule has 0 aliphatic carbocycles. The maximum Gasteiger partial charge on any atom is 1.00 e. The van der Waals surface area contributed by atoms with E-state index in [2.05, 4.69) is 11.8 Å². The molecular formula is C27H24NNaO8S2. The van der Waals surface area contributed by atoms with Gasteiger partial charge in [0.15, 0.2) is 0 Å². The summed E-state index contributed by atoms with van der Waals surface area (Å²) in [7, 11) is -8.41. The van der Waals surface area contributed by atoms with Crippen molar-refractivity contribution in [2.75, 3.05) is 18.9 Å². The van der Waals surface area contributed by atoms with E-state index >= 15 is 0 Å². The molecule has 0 fully saturated rings. The van der Waals surface area contributed by atoms with E-state index in [0.29, 0.717) is 35.6 Å². The Balaban J connectivity index is 0.00000420. The molecule has 0 saturated carbocycles. The number of hydrogen-bond donors (Lipinski definition) is 0. The first-order valence-electron chi connectivity index (χ1n) is 11.8. The minimum absolute atomic E-state index is 0. The molecule has 2 amide bonds. The van der Waals surface area contributed by atoms with Crippen LogP contribution in [0.25, 0.3) is 10.8 Å². The van der Waals surface area contributed by atoms with Crippen LogP contribution in [0, 0.1) is 18.8 Å². The third-order valence-electron chi connectivity index (χ3n) is 6.02. The zero-order valence-corrected chi connectivity index (χ0v) is 25.1. The second-order valence-corrected chi connectivity index (χ2v) is 11.9. The number of imide groups is 1. The number of benzene rings is 3. The quantitative estimate of drug-likeness (QED) is 0.0880. The number of aryl methyl sites for hydroxylation is 1. The number of rotatable bonds is 9. The second-order valence-electron chi connectivity index (χ2n) is 8.76. The van der Waals surface area contributed by atoms with Crippen LogP contribution in [0.4, 0.5) is 0 Å². The van der Waals surface area contributed by atoms with E-state index < -0.39 is 44.3 Å². The standard InChI is InChI=1S/C27H25NO8S2.Na/c1-19-10-13-21(14-11-19)38(34,35)36-17-5-3-2-4-7-20-12-15-24-25-22(20)8-6-9-23(25)26(29)28(27(24)30)16-18-37(31,32)33;/h6,8-15H,2-3,5,16-18H2,1H3,(H,31,32,33);/q;+1/p-1. The summed E-state index contributed by atoms with van der Waals surface area (Å²) in [5, 5.41) is 1.04. The van der Waals surface area contributed by atoms with Crippen LogP contribution in [0.15, 0.2) is 59.5 Å². The molecule has 0 saturated heterocycles. The van der Waals surface area contributed by atoms with E-state index in [1.165, 1.54) is 18.2 Å². The van der Waals surface area contributed by atoms with Crippen LogP contribution in [0.2, 0.25) is 0 Å². The molecule has 39 heavy (non-hydrogen) atoms. The molecule has 0 aromatic heterocycles. The van der Waals surface area contributed by atoms with Gasteiger partial charge in [0.1, 0.15) is 0 Å². The van der Waals surface area contributed by atoms with Crippen molar-refractivity contribution in [1.82, 2.24) is 4.90 Å². The van der Waals surface area contributed by atoms with Gasteiger partial charge in [0.25, 0.3) is 21.9 Å². The molecule has 1 aliphatic heterocycles. The van der Waals surface area contributed by atoms with E-state index in [-0.39, 0.29) is 52.2 Å². The van der Waals surface area contributed by atoms with E-state index in [0.717, 1.165) is 10.5 Å². The van der Waals surface area contributed by atoms with Crippen LogP contribution < -0.4 is 29.6 Å². The molecule has 4 rings (SSSR count). The number of hydrogen-bond acceptors (Lipinski definition) is 8. The smallest absolute Gasteiger partial charge is 0.748 e. The predicted molar refractivity (Wildman–Crippen MR) is 139 cm³/mol. The van der Waals surface area contributed by atoms with Gasteiger partial charge >= 0.3 is 29.6 Å². The first-order valence-corrected chi connectivity index (χ1v) is 14.8. The maximum absolute atomic E-state index is 12.9. The summed E-state index contributed by atoms with van der Waals surface area (Å²) in [6.07, 6.45) is 1.57. The van der Waals surface area contributed by atoms with Crippen LogP contribution in [-0.4, -0.2) is 57.0 Å². The Morgan fingerprint density at radius 3 is 2.23 bits per heavy atom. The van der Waals surface area contributed by atoms with E-state index in [1.54, 1.807) is 36.4 Å². The topological polar surface area (TPSA) is 138 Å². The van der Waals surface area contributed by atoms with Gasteiger partial charge in [-0.2, -0.15) is 8.42 Å². The van der Waals surface area contributed by atoms with Gasteiger partial charge in [0, 0.05) is 35.0 Å². The van der Waals surface area contributed by atoms with E-state index in [1.807, 2.05) is 6.92 Å². The van der Waals surface area contributed by atoms with Crippen LogP contribution in [-0.2, 0) is 24.4 Å². The summed E-state index contributed by atoms with van der Waals surface area (Å²) in [4.78, 5) is 26.7. The number of carbonyl (C=O) groups is 2. The SMILES string of the molecule is Cc1ccc(S(=O)(=O)OCCCCC#Cc2ccc3c4c(cccc24)C(=O)N(CCS(=O)(=O)[O-])C3=O)cc1.[Na+]. The van der Waals surface area contributed by atoms with Crippen LogP contribution in [0.5, 0.6) is 0 Å². The summed E-state index contributed by atoms with van der Waals surface area (Å²) in [5.74, 6) is 3.90. The van der Waals surface area contributed by atoms with Crippen LogP contribution >= 0.6 is 0 Å². The van der Waals surface area contributed by atoms with E-state index in [4.69, 9.17) is 4.18 Å². The number of nitrogens with zero attached hydrogens (tertiary/aromatic N) is 1. The van der Waals surface area contributed by atoms with Crippen molar-refractivity contribution in [2.24, 2.45) is 0 Å². The molecule has 0 N–H and O–H groups in total. The van der Waals surface area contributed by atoms with Gasteiger partial charge in [-0.3, -0.25) is 18.7 Å². The van der Waals surface area contributed by atoms with Gasteiger partial charge in [-0.15, -0.1) is 0 Å². The molecule has 0 unspecified atom stereocenters.